The van der Waals surface area contributed by atoms with E-state index in [0.717, 1.165) is 16.8 Å². The van der Waals surface area contributed by atoms with Gasteiger partial charge in [0.2, 0.25) is 0 Å². The molecule has 3 fully saturated rings. The van der Waals surface area contributed by atoms with E-state index < -0.39 is 83.4 Å². The molecule has 2 aromatic heterocycles. The summed E-state index contributed by atoms with van der Waals surface area (Å²) in [6.07, 6.45) is 2.31. The topological polar surface area (TPSA) is 170 Å². The van der Waals surface area contributed by atoms with Crippen LogP contribution < -0.4 is 0 Å². The Labute approximate surface area is 361 Å². The maximum Gasteiger partial charge on any atom is 0.411 e. The highest BCUT2D eigenvalue weighted by atomic mass is 16.7. The first-order chi connectivity index (χ1) is 28.8. The number of carbonyl (C=O) groups excluding carboxylic acids is 4. The molecule has 3 saturated heterocycles. The standard InChI is InChI=1S/C46H67N5O10/c1-13-36-46(14-2)40(51(44(56)61-46)21-20-50(11)26-32-17-18-34(48-24-32)33-16-15-19-47-25-33)29(5)37(52)27(3)23-45(8,57-12)41(30(6)38(53)31(7)42(55)59-36)60-43-39(54)35(49(9)10)22-28(4)58-43/h14-19,24-25,27-31,35-36,39-41,43,54H,2,13,20-23,26H2,1,3-12H3/t27-,28-,29+,30+,31-,35+,36-,39-,40-,41-,43+,45-,46-/m1/s1. The molecule has 0 aromatic carbocycles. The number of ether oxygens (including phenoxy) is 5. The summed E-state index contributed by atoms with van der Waals surface area (Å²) in [6, 6.07) is 6.53. The number of pyridine rings is 2. The normalized spacial score (nSPS) is 35.4. The molecule has 1 N–H and O–H groups in total. The molecule has 13 atom stereocenters. The fourth-order valence-corrected chi connectivity index (χ4v) is 9.56. The number of cyclic esters (lactones) is 1. The molecule has 3 aliphatic rings. The van der Waals surface area contributed by atoms with Crippen molar-refractivity contribution in [3.05, 3.63) is 61.1 Å². The number of rotatable bonds is 12. The van der Waals surface area contributed by atoms with Crippen LogP contribution in [0.25, 0.3) is 11.3 Å². The van der Waals surface area contributed by atoms with Crippen molar-refractivity contribution in [2.24, 2.45) is 23.7 Å². The highest BCUT2D eigenvalue weighted by molar-refractivity contribution is 6.00. The van der Waals surface area contributed by atoms with Crippen molar-refractivity contribution in [1.82, 2.24) is 24.7 Å². The number of aliphatic hydroxyl groups is 1. The highest BCUT2D eigenvalue weighted by Crippen LogP contribution is 2.44. The van der Waals surface area contributed by atoms with Crippen molar-refractivity contribution >= 4 is 23.6 Å². The summed E-state index contributed by atoms with van der Waals surface area (Å²) in [5.41, 5.74) is -0.239. The van der Waals surface area contributed by atoms with Crippen LogP contribution in [0.15, 0.2) is 55.5 Å². The summed E-state index contributed by atoms with van der Waals surface area (Å²) in [5.74, 6) is -5.28. The molecule has 0 saturated carbocycles. The second-order valence-corrected chi connectivity index (χ2v) is 17.8. The zero-order valence-electron chi connectivity index (χ0n) is 37.8. The first-order valence-corrected chi connectivity index (χ1v) is 21.5. The lowest BCUT2D eigenvalue weighted by atomic mass is 9.72. The fourth-order valence-electron chi connectivity index (χ4n) is 9.56. The van der Waals surface area contributed by atoms with Gasteiger partial charge in [0, 0.05) is 74.7 Å². The molecule has 0 spiro atoms. The van der Waals surface area contributed by atoms with E-state index >= 15 is 0 Å². The van der Waals surface area contributed by atoms with Gasteiger partial charge in [0.15, 0.2) is 17.7 Å². The number of carbonyl (C=O) groups is 4. The van der Waals surface area contributed by atoms with Crippen LogP contribution in [0.2, 0.25) is 0 Å². The number of aromatic nitrogens is 2. The van der Waals surface area contributed by atoms with Crippen molar-refractivity contribution in [3.63, 3.8) is 0 Å². The molecule has 2 aromatic rings. The number of likely N-dealkylation sites (N-methyl/N-ethyl adjacent to an activating group) is 2. The zero-order chi connectivity index (χ0) is 45.0. The molecule has 15 heteroatoms. The Kier molecular flexibility index (Phi) is 15.7. The van der Waals surface area contributed by atoms with Gasteiger partial charge in [-0.25, -0.2) is 4.79 Å². The number of methoxy groups -OCH3 is 1. The lowest BCUT2D eigenvalue weighted by Crippen LogP contribution is -2.60. The van der Waals surface area contributed by atoms with Crippen LogP contribution >= 0.6 is 0 Å². The summed E-state index contributed by atoms with van der Waals surface area (Å²) in [7, 11) is 7.15. The van der Waals surface area contributed by atoms with E-state index in [1.54, 1.807) is 51.9 Å². The van der Waals surface area contributed by atoms with E-state index in [1.807, 2.05) is 68.3 Å². The highest BCUT2D eigenvalue weighted by Gasteiger charge is 2.61. The molecule has 5 heterocycles. The van der Waals surface area contributed by atoms with E-state index in [1.165, 1.54) is 20.1 Å². The third-order valence-corrected chi connectivity index (χ3v) is 13.1. The number of hydrogen-bond donors (Lipinski definition) is 1. The van der Waals surface area contributed by atoms with Crippen molar-refractivity contribution in [3.8, 4) is 11.3 Å². The quantitative estimate of drug-likeness (QED) is 0.173. The molecule has 0 radical (unpaired) electrons. The minimum Gasteiger partial charge on any atom is -0.457 e. The van der Waals surface area contributed by atoms with Gasteiger partial charge < -0.3 is 38.6 Å². The minimum atomic E-state index is -1.62. The molecule has 61 heavy (non-hydrogen) atoms. The molecule has 0 aliphatic carbocycles. The smallest absolute Gasteiger partial charge is 0.411 e. The second-order valence-electron chi connectivity index (χ2n) is 17.8. The van der Waals surface area contributed by atoms with Crippen LogP contribution in [-0.2, 0) is 44.6 Å². The summed E-state index contributed by atoms with van der Waals surface area (Å²) in [5, 5.41) is 11.5. The van der Waals surface area contributed by atoms with E-state index in [0.29, 0.717) is 19.5 Å². The number of hydrogen-bond acceptors (Lipinski definition) is 14. The number of nitrogens with zero attached hydrogens (tertiary/aromatic N) is 5. The van der Waals surface area contributed by atoms with Gasteiger partial charge in [-0.2, -0.15) is 0 Å². The average molecular weight is 850 g/mol. The number of aliphatic hydroxyl groups excluding tert-OH is 1. The Balaban J connectivity index is 1.47. The Morgan fingerprint density at radius 2 is 1.75 bits per heavy atom. The van der Waals surface area contributed by atoms with Gasteiger partial charge in [0.25, 0.3) is 0 Å². The summed E-state index contributed by atoms with van der Waals surface area (Å²) < 4.78 is 31.3. The minimum absolute atomic E-state index is 0.0967. The third kappa shape index (κ3) is 10.1. The van der Waals surface area contributed by atoms with Crippen LogP contribution in [0.1, 0.15) is 73.3 Å². The van der Waals surface area contributed by atoms with E-state index in [9.17, 15) is 24.3 Å². The maximum absolute atomic E-state index is 14.9. The molecule has 0 unspecified atom stereocenters. The lowest BCUT2D eigenvalue weighted by Gasteiger charge is -2.47. The SMILES string of the molecule is C=C[C@]12OC(=O)N(CCN(C)Cc3ccc(-c4cccnc4)nc3)[C@@H]1[C@@H](C)C(=O)[C@H](C)C[C@@](C)(OC)[C@H](O[C@@H]1O[C@H](C)C[C@H](N(C)C)[C@H]1O)[C@@H](C)C(=O)[C@@H](C)C(=O)O[C@@H]2CC. The molecule has 5 rings (SSSR count). The predicted octanol–water partition coefficient (Wildman–Crippen LogP) is 4.95. The number of amides is 1. The van der Waals surface area contributed by atoms with E-state index in [4.69, 9.17) is 23.7 Å². The molecule has 15 nitrogen and oxygen atoms in total. The van der Waals surface area contributed by atoms with Gasteiger partial charge in [-0.1, -0.05) is 40.3 Å². The van der Waals surface area contributed by atoms with Crippen molar-refractivity contribution < 1.29 is 48.0 Å². The van der Waals surface area contributed by atoms with Gasteiger partial charge in [-0.05, 0) is 91.0 Å². The first kappa shape index (κ1) is 47.9. The summed E-state index contributed by atoms with van der Waals surface area (Å²) in [6.45, 7) is 17.3. The third-order valence-electron chi connectivity index (χ3n) is 13.1. The second kappa shape index (κ2) is 19.9. The number of esters is 1. The fraction of sp³-hybridized carbons (Fsp3) is 0.652. The monoisotopic (exact) mass is 849 g/mol. The van der Waals surface area contributed by atoms with Crippen LogP contribution in [0.4, 0.5) is 4.79 Å². The first-order valence-electron chi connectivity index (χ1n) is 21.5. The van der Waals surface area contributed by atoms with E-state index in [-0.39, 0.29) is 37.3 Å². The summed E-state index contributed by atoms with van der Waals surface area (Å²) in [4.78, 5) is 71.7. The zero-order valence-corrected chi connectivity index (χ0v) is 37.8. The van der Waals surface area contributed by atoms with Gasteiger partial charge in [0.1, 0.15) is 23.9 Å². The molecular weight excluding hydrogens is 783 g/mol. The Hall–Kier alpha value is -4.12. The van der Waals surface area contributed by atoms with Crippen LogP contribution in [0.3, 0.4) is 0 Å². The van der Waals surface area contributed by atoms with Crippen LogP contribution in [0.5, 0.6) is 0 Å². The average Bonchev–Trinajstić information content (AvgIpc) is 3.54. The van der Waals surface area contributed by atoms with Crippen LogP contribution in [-0.4, -0.2) is 149 Å². The molecule has 336 valence electrons. The van der Waals surface area contributed by atoms with Crippen molar-refractivity contribution in [2.45, 2.75) is 128 Å². The molecule has 3 aliphatic heterocycles. The van der Waals surface area contributed by atoms with Gasteiger partial charge in [0.05, 0.1) is 29.5 Å². The van der Waals surface area contributed by atoms with E-state index in [2.05, 4.69) is 16.5 Å². The number of fused-ring (bicyclic) bond motifs is 1. The van der Waals surface area contributed by atoms with Crippen molar-refractivity contribution in [2.75, 3.05) is 41.3 Å². The molecule has 0 bridgehead atoms. The molecular formula is C46H67N5O10. The van der Waals surface area contributed by atoms with Gasteiger partial charge in [-0.3, -0.25) is 29.3 Å². The Morgan fingerprint density at radius 1 is 1.03 bits per heavy atom. The number of Topliss-reactive ketones (excluding diaryl/α,β-unsaturated/α-hetero) is 2. The van der Waals surface area contributed by atoms with Crippen LogP contribution in [0, 0.1) is 23.7 Å². The largest absolute Gasteiger partial charge is 0.457 e. The molecule has 1 amide bonds. The number of ketones is 2. The Bertz CT molecular complexity index is 1850. The van der Waals surface area contributed by atoms with Gasteiger partial charge >= 0.3 is 12.1 Å². The van der Waals surface area contributed by atoms with Gasteiger partial charge in [-0.15, -0.1) is 0 Å². The summed E-state index contributed by atoms with van der Waals surface area (Å²) >= 11 is 0. The predicted molar refractivity (Wildman–Crippen MR) is 228 cm³/mol. The Morgan fingerprint density at radius 3 is 2.34 bits per heavy atom. The van der Waals surface area contributed by atoms with Crippen molar-refractivity contribution in [1.29, 1.82) is 0 Å². The lowest BCUT2D eigenvalue weighted by molar-refractivity contribution is -0.295. The maximum atomic E-state index is 14.9.